The van der Waals surface area contributed by atoms with Crippen molar-refractivity contribution < 1.29 is 5.11 Å². The van der Waals surface area contributed by atoms with E-state index in [-0.39, 0.29) is 6.23 Å². The number of hydrogen-bond donors (Lipinski definition) is 3. The predicted molar refractivity (Wildman–Crippen MR) is 26.6 cm³/mol. The van der Waals surface area contributed by atoms with Crippen molar-refractivity contribution in [2.75, 3.05) is 13.2 Å². The van der Waals surface area contributed by atoms with Crippen molar-refractivity contribution >= 4 is 0 Å². The monoisotopic (exact) mass is 102 g/mol. The van der Waals surface area contributed by atoms with Crippen LogP contribution in [0.5, 0.6) is 0 Å². The average Bonchev–Trinajstić information content (AvgIpc) is 1.69. The zero-order valence-electron chi connectivity index (χ0n) is 4.15. The van der Waals surface area contributed by atoms with E-state index in [2.05, 4.69) is 10.6 Å². The van der Waals surface area contributed by atoms with Crippen LogP contribution in [-0.4, -0.2) is 24.5 Å². The molecular formula is C4H10N2O. The summed E-state index contributed by atoms with van der Waals surface area (Å²) in [7, 11) is 0. The fourth-order valence-electron chi connectivity index (χ4n) is 0.619. The molecule has 0 saturated carbocycles. The average molecular weight is 102 g/mol. The molecule has 7 heavy (non-hydrogen) atoms. The van der Waals surface area contributed by atoms with E-state index in [1.165, 1.54) is 0 Å². The molecule has 1 aliphatic rings. The molecule has 0 aliphatic carbocycles. The van der Waals surface area contributed by atoms with E-state index in [1.54, 1.807) is 0 Å². The molecule has 1 atom stereocenters. The third-order valence-corrected chi connectivity index (χ3v) is 1.06. The van der Waals surface area contributed by atoms with Gasteiger partial charge >= 0.3 is 0 Å². The summed E-state index contributed by atoms with van der Waals surface area (Å²) in [4.78, 5) is 0. The minimum atomic E-state index is -0.277. The summed E-state index contributed by atoms with van der Waals surface area (Å²) in [6, 6.07) is 0. The first-order chi connectivity index (χ1) is 3.39. The Labute approximate surface area is 42.7 Å². The largest absolute Gasteiger partial charge is 0.379 e. The van der Waals surface area contributed by atoms with Crippen molar-refractivity contribution in [2.45, 2.75) is 12.6 Å². The van der Waals surface area contributed by atoms with Gasteiger partial charge in [0.2, 0.25) is 0 Å². The van der Waals surface area contributed by atoms with Gasteiger partial charge in [-0.1, -0.05) is 0 Å². The van der Waals surface area contributed by atoms with Crippen molar-refractivity contribution in [3.63, 3.8) is 0 Å². The molecule has 1 heterocycles. The Morgan fingerprint density at radius 2 is 2.43 bits per heavy atom. The van der Waals surface area contributed by atoms with E-state index in [0.29, 0.717) is 0 Å². The van der Waals surface area contributed by atoms with Crippen LogP contribution < -0.4 is 10.6 Å². The molecule has 0 aromatic rings. The standard InChI is InChI=1S/C4H10N2O/c7-4-1-2-5-3-6-4/h4-7H,1-3H2. The summed E-state index contributed by atoms with van der Waals surface area (Å²) in [5, 5.41) is 14.6. The smallest absolute Gasteiger partial charge is 0.107 e. The number of aliphatic hydroxyl groups excluding tert-OH is 1. The lowest BCUT2D eigenvalue weighted by Crippen LogP contribution is -2.44. The lowest BCUT2D eigenvalue weighted by atomic mass is 10.3. The summed E-state index contributed by atoms with van der Waals surface area (Å²) in [5.41, 5.74) is 0. The second-order valence-electron chi connectivity index (χ2n) is 1.69. The molecular weight excluding hydrogens is 92.1 g/mol. The van der Waals surface area contributed by atoms with Gasteiger partial charge in [-0.2, -0.15) is 0 Å². The van der Waals surface area contributed by atoms with E-state index in [1.807, 2.05) is 0 Å². The predicted octanol–water partition coefficient (Wildman–Crippen LogP) is -1.15. The summed E-state index contributed by atoms with van der Waals surface area (Å²) in [5.74, 6) is 0. The summed E-state index contributed by atoms with van der Waals surface area (Å²) < 4.78 is 0. The third kappa shape index (κ3) is 1.43. The van der Waals surface area contributed by atoms with E-state index in [0.717, 1.165) is 19.6 Å². The lowest BCUT2D eigenvalue weighted by molar-refractivity contribution is 0.107. The molecule has 42 valence electrons. The first-order valence-corrected chi connectivity index (χ1v) is 2.52. The third-order valence-electron chi connectivity index (χ3n) is 1.06. The quantitative estimate of drug-likeness (QED) is 0.361. The van der Waals surface area contributed by atoms with Crippen molar-refractivity contribution in [1.82, 2.24) is 10.6 Å². The molecule has 0 bridgehead atoms. The molecule has 0 radical (unpaired) electrons. The van der Waals surface area contributed by atoms with Crippen LogP contribution in [0.1, 0.15) is 6.42 Å². The molecule has 1 fully saturated rings. The van der Waals surface area contributed by atoms with Crippen LogP contribution in [0.4, 0.5) is 0 Å². The molecule has 0 aromatic carbocycles. The molecule has 0 aromatic heterocycles. The second kappa shape index (κ2) is 2.26. The Morgan fingerprint density at radius 1 is 1.57 bits per heavy atom. The van der Waals surface area contributed by atoms with Crippen molar-refractivity contribution in [3.05, 3.63) is 0 Å². The van der Waals surface area contributed by atoms with Crippen molar-refractivity contribution in [3.8, 4) is 0 Å². The van der Waals surface area contributed by atoms with Gasteiger partial charge in [0.05, 0.1) is 0 Å². The molecule has 1 rings (SSSR count). The maximum Gasteiger partial charge on any atom is 0.107 e. The first kappa shape index (κ1) is 5.03. The molecule has 0 amide bonds. The highest BCUT2D eigenvalue weighted by atomic mass is 16.3. The zero-order valence-corrected chi connectivity index (χ0v) is 4.15. The normalized spacial score (nSPS) is 33.0. The van der Waals surface area contributed by atoms with Crippen molar-refractivity contribution in [1.29, 1.82) is 0 Å². The molecule has 3 N–H and O–H groups in total. The number of hydrogen-bond acceptors (Lipinski definition) is 3. The second-order valence-corrected chi connectivity index (χ2v) is 1.69. The van der Waals surface area contributed by atoms with E-state index in [9.17, 15) is 0 Å². The summed E-state index contributed by atoms with van der Waals surface area (Å²) in [6.07, 6.45) is 0.543. The van der Waals surface area contributed by atoms with E-state index >= 15 is 0 Å². The van der Waals surface area contributed by atoms with Crippen LogP contribution in [-0.2, 0) is 0 Å². The zero-order chi connectivity index (χ0) is 5.11. The Kier molecular flexibility index (Phi) is 1.62. The van der Waals surface area contributed by atoms with Gasteiger partial charge in [-0.3, -0.25) is 5.32 Å². The summed E-state index contributed by atoms with van der Waals surface area (Å²) >= 11 is 0. The fourth-order valence-corrected chi connectivity index (χ4v) is 0.619. The summed E-state index contributed by atoms with van der Waals surface area (Å²) in [6.45, 7) is 1.66. The number of aliphatic hydroxyl groups is 1. The van der Waals surface area contributed by atoms with Crippen LogP contribution in [0.25, 0.3) is 0 Å². The molecule has 3 nitrogen and oxygen atoms in total. The molecule has 1 unspecified atom stereocenters. The Morgan fingerprint density at radius 3 is 2.71 bits per heavy atom. The Hall–Kier alpha value is -0.120. The topological polar surface area (TPSA) is 44.3 Å². The van der Waals surface area contributed by atoms with Crippen LogP contribution in [0, 0.1) is 0 Å². The van der Waals surface area contributed by atoms with Crippen LogP contribution in [0.15, 0.2) is 0 Å². The van der Waals surface area contributed by atoms with Crippen LogP contribution in [0.3, 0.4) is 0 Å². The van der Waals surface area contributed by atoms with Crippen molar-refractivity contribution in [2.24, 2.45) is 0 Å². The minimum absolute atomic E-state index is 0.277. The van der Waals surface area contributed by atoms with Crippen LogP contribution in [0.2, 0.25) is 0 Å². The van der Waals surface area contributed by atoms with Gasteiger partial charge < -0.3 is 10.4 Å². The maximum atomic E-state index is 8.76. The van der Waals surface area contributed by atoms with Gasteiger partial charge in [0.1, 0.15) is 6.23 Å². The van der Waals surface area contributed by atoms with Gasteiger partial charge in [0.25, 0.3) is 0 Å². The maximum absolute atomic E-state index is 8.76. The Balaban J connectivity index is 2.12. The van der Waals surface area contributed by atoms with Crippen LogP contribution >= 0.6 is 0 Å². The van der Waals surface area contributed by atoms with Gasteiger partial charge in [-0.25, -0.2) is 0 Å². The lowest BCUT2D eigenvalue weighted by Gasteiger charge is -2.18. The highest BCUT2D eigenvalue weighted by Gasteiger charge is 2.05. The molecule has 1 saturated heterocycles. The highest BCUT2D eigenvalue weighted by molar-refractivity contribution is 4.60. The number of rotatable bonds is 0. The SMILES string of the molecule is OC1CCNCN1. The fraction of sp³-hybridized carbons (Fsp3) is 1.00. The van der Waals surface area contributed by atoms with Gasteiger partial charge in [0, 0.05) is 13.2 Å². The van der Waals surface area contributed by atoms with E-state index < -0.39 is 0 Å². The highest BCUT2D eigenvalue weighted by Crippen LogP contribution is 1.86. The van der Waals surface area contributed by atoms with Gasteiger partial charge in [-0.05, 0) is 6.42 Å². The molecule has 3 heteroatoms. The van der Waals surface area contributed by atoms with Gasteiger partial charge in [-0.15, -0.1) is 0 Å². The minimum Gasteiger partial charge on any atom is -0.379 e. The first-order valence-electron chi connectivity index (χ1n) is 2.52. The van der Waals surface area contributed by atoms with Gasteiger partial charge in [0.15, 0.2) is 0 Å². The molecule has 1 aliphatic heterocycles. The molecule has 0 spiro atoms. The Bertz CT molecular complexity index is 51.7. The number of nitrogens with one attached hydrogen (secondary N) is 2. The van der Waals surface area contributed by atoms with E-state index in [4.69, 9.17) is 5.11 Å².